The van der Waals surface area contributed by atoms with Crippen molar-refractivity contribution in [3.63, 3.8) is 0 Å². The first-order chi connectivity index (χ1) is 8.77. The Bertz CT molecular complexity index is 281. The Balaban J connectivity index is 0.00000180. The van der Waals surface area contributed by atoms with E-state index in [1.54, 1.807) is 0 Å². The number of morpholine rings is 1. The quantitative estimate of drug-likeness (QED) is 0.784. The van der Waals surface area contributed by atoms with E-state index in [1.807, 2.05) is 0 Å². The van der Waals surface area contributed by atoms with Crippen LogP contribution in [-0.2, 0) is 9.53 Å². The molecule has 2 heterocycles. The van der Waals surface area contributed by atoms with Crippen molar-refractivity contribution >= 4 is 30.7 Å². The fourth-order valence-corrected chi connectivity index (χ4v) is 2.78. The lowest BCUT2D eigenvalue weighted by Gasteiger charge is -2.29. The predicted octanol–water partition coefficient (Wildman–Crippen LogP) is 0.811. The summed E-state index contributed by atoms with van der Waals surface area (Å²) in [4.78, 5) is 14.6. The van der Waals surface area contributed by atoms with Crippen molar-refractivity contribution in [2.75, 3.05) is 45.9 Å². The number of carbonyl (C=O) groups excluding carboxylic acids is 1. The second-order valence-corrected chi connectivity index (χ2v) is 5.18. The summed E-state index contributed by atoms with van der Waals surface area (Å²) in [5.74, 6) is 0.177. The van der Waals surface area contributed by atoms with Crippen LogP contribution in [0.15, 0.2) is 0 Å². The van der Waals surface area contributed by atoms with Crippen molar-refractivity contribution in [2.45, 2.75) is 31.7 Å². The van der Waals surface area contributed by atoms with Crippen molar-refractivity contribution in [1.82, 2.24) is 15.5 Å². The Labute approximate surface area is 134 Å². The molecule has 0 saturated carbocycles. The van der Waals surface area contributed by atoms with Crippen LogP contribution < -0.4 is 10.6 Å². The molecule has 0 spiro atoms. The van der Waals surface area contributed by atoms with E-state index in [9.17, 15) is 4.79 Å². The number of amides is 1. The molecule has 1 amide bonds. The molecule has 1 atom stereocenters. The highest BCUT2D eigenvalue weighted by Crippen LogP contribution is 2.22. The number of carbonyl (C=O) groups is 1. The van der Waals surface area contributed by atoms with Gasteiger partial charge in [-0.1, -0.05) is 6.92 Å². The molecule has 0 radical (unpaired) electrons. The van der Waals surface area contributed by atoms with E-state index in [1.165, 1.54) is 0 Å². The summed E-state index contributed by atoms with van der Waals surface area (Å²) in [6.45, 7) is 8.30. The van der Waals surface area contributed by atoms with E-state index < -0.39 is 0 Å². The van der Waals surface area contributed by atoms with E-state index in [0.29, 0.717) is 0 Å². The number of nitrogens with zero attached hydrogens (tertiary/aromatic N) is 1. The van der Waals surface area contributed by atoms with Gasteiger partial charge in [-0.3, -0.25) is 9.69 Å². The predicted molar refractivity (Wildman–Crippen MR) is 85.0 cm³/mol. The van der Waals surface area contributed by atoms with Crippen LogP contribution in [-0.4, -0.2) is 62.3 Å². The third-order valence-electron chi connectivity index (χ3n) is 4.10. The van der Waals surface area contributed by atoms with E-state index in [2.05, 4.69) is 22.5 Å². The molecule has 0 aromatic heterocycles. The third kappa shape index (κ3) is 5.04. The maximum absolute atomic E-state index is 12.2. The van der Waals surface area contributed by atoms with Crippen LogP contribution in [0.4, 0.5) is 0 Å². The van der Waals surface area contributed by atoms with Crippen LogP contribution in [0.3, 0.4) is 0 Å². The van der Waals surface area contributed by atoms with Gasteiger partial charge in [0.15, 0.2) is 0 Å². The molecule has 2 N–H and O–H groups in total. The van der Waals surface area contributed by atoms with Gasteiger partial charge in [-0.15, -0.1) is 24.8 Å². The number of hydrogen-bond acceptors (Lipinski definition) is 4. The third-order valence-corrected chi connectivity index (χ3v) is 4.10. The first-order valence-electron chi connectivity index (χ1n) is 7.10. The highest BCUT2D eigenvalue weighted by molar-refractivity contribution is 5.86. The summed E-state index contributed by atoms with van der Waals surface area (Å²) in [7, 11) is 0. The normalized spacial score (nSPS) is 26.4. The van der Waals surface area contributed by atoms with E-state index in [4.69, 9.17) is 4.74 Å². The van der Waals surface area contributed by atoms with Gasteiger partial charge in [-0.2, -0.15) is 0 Å². The zero-order valence-corrected chi connectivity index (χ0v) is 13.8. The van der Waals surface area contributed by atoms with Crippen molar-refractivity contribution in [1.29, 1.82) is 0 Å². The van der Waals surface area contributed by atoms with E-state index >= 15 is 0 Å². The number of nitrogens with one attached hydrogen (secondary N) is 2. The maximum atomic E-state index is 12.2. The molecule has 2 fully saturated rings. The molecule has 5 nitrogen and oxygen atoms in total. The molecule has 7 heteroatoms. The van der Waals surface area contributed by atoms with Crippen molar-refractivity contribution in [3.8, 4) is 0 Å². The van der Waals surface area contributed by atoms with Gasteiger partial charge in [0.2, 0.25) is 5.91 Å². The van der Waals surface area contributed by atoms with Crippen LogP contribution in [0.1, 0.15) is 26.2 Å². The van der Waals surface area contributed by atoms with Gasteiger partial charge in [0.1, 0.15) is 0 Å². The van der Waals surface area contributed by atoms with Crippen LogP contribution in [0.25, 0.3) is 0 Å². The molecule has 0 bridgehead atoms. The van der Waals surface area contributed by atoms with Crippen molar-refractivity contribution < 1.29 is 9.53 Å². The SMILES string of the molecule is CCC1(C(=O)NCCN2CCOCC2)CCCN1.Cl.Cl. The first-order valence-corrected chi connectivity index (χ1v) is 7.10. The Morgan fingerprint density at radius 3 is 2.60 bits per heavy atom. The molecular weight excluding hydrogens is 301 g/mol. The second kappa shape index (κ2) is 9.79. The van der Waals surface area contributed by atoms with Gasteiger partial charge < -0.3 is 15.4 Å². The molecule has 1 unspecified atom stereocenters. The summed E-state index contributed by atoms with van der Waals surface area (Å²) in [6.07, 6.45) is 2.94. The minimum absolute atomic E-state index is 0. The number of halogens is 2. The molecule has 0 aromatic rings. The van der Waals surface area contributed by atoms with Crippen molar-refractivity contribution in [3.05, 3.63) is 0 Å². The second-order valence-electron chi connectivity index (χ2n) is 5.18. The zero-order valence-electron chi connectivity index (χ0n) is 12.2. The van der Waals surface area contributed by atoms with Gasteiger partial charge in [0.05, 0.1) is 18.8 Å². The lowest BCUT2D eigenvalue weighted by atomic mass is 9.93. The molecule has 0 aliphatic carbocycles. The van der Waals surface area contributed by atoms with Crippen molar-refractivity contribution in [2.24, 2.45) is 0 Å². The minimum atomic E-state index is -0.301. The fraction of sp³-hybridized carbons (Fsp3) is 0.923. The zero-order chi connectivity index (χ0) is 12.8. The van der Waals surface area contributed by atoms with Crippen LogP contribution in [0.5, 0.6) is 0 Å². The first kappa shape index (κ1) is 19.9. The van der Waals surface area contributed by atoms with Gasteiger partial charge in [-0.25, -0.2) is 0 Å². The van der Waals surface area contributed by atoms with E-state index in [0.717, 1.165) is 65.2 Å². The lowest BCUT2D eigenvalue weighted by Crippen LogP contribution is -2.54. The van der Waals surface area contributed by atoms with Crippen LogP contribution in [0, 0.1) is 0 Å². The summed E-state index contributed by atoms with van der Waals surface area (Å²) in [5.41, 5.74) is -0.301. The summed E-state index contributed by atoms with van der Waals surface area (Å²) in [5, 5.41) is 6.44. The van der Waals surface area contributed by atoms with Gasteiger partial charge in [-0.05, 0) is 25.8 Å². The smallest absolute Gasteiger partial charge is 0.240 e. The minimum Gasteiger partial charge on any atom is -0.379 e. The summed E-state index contributed by atoms with van der Waals surface area (Å²) < 4.78 is 5.30. The van der Waals surface area contributed by atoms with Crippen LogP contribution in [0.2, 0.25) is 0 Å². The molecule has 2 saturated heterocycles. The molecule has 2 rings (SSSR count). The molecule has 2 aliphatic rings. The lowest BCUT2D eigenvalue weighted by molar-refractivity contribution is -0.127. The van der Waals surface area contributed by atoms with Crippen LogP contribution >= 0.6 is 24.8 Å². The Morgan fingerprint density at radius 2 is 2.05 bits per heavy atom. The number of rotatable bonds is 5. The van der Waals surface area contributed by atoms with Gasteiger partial charge in [0.25, 0.3) is 0 Å². The highest BCUT2D eigenvalue weighted by Gasteiger charge is 2.38. The maximum Gasteiger partial charge on any atom is 0.240 e. The Hall–Kier alpha value is -0.0700. The average Bonchev–Trinajstić information content (AvgIpc) is 2.90. The number of hydrogen-bond donors (Lipinski definition) is 2. The van der Waals surface area contributed by atoms with Gasteiger partial charge >= 0.3 is 0 Å². The highest BCUT2D eigenvalue weighted by atomic mass is 35.5. The summed E-state index contributed by atoms with van der Waals surface area (Å²) >= 11 is 0. The standard InChI is InChI=1S/C13H25N3O2.2ClH/c1-2-13(4-3-5-15-13)12(17)14-6-7-16-8-10-18-11-9-16;;/h15H,2-11H2,1H3,(H,14,17);2*1H. The Morgan fingerprint density at radius 1 is 1.35 bits per heavy atom. The van der Waals surface area contributed by atoms with Gasteiger partial charge in [0, 0.05) is 26.2 Å². The number of ether oxygens (including phenoxy) is 1. The molecule has 0 aromatic carbocycles. The summed E-state index contributed by atoms with van der Waals surface area (Å²) in [6, 6.07) is 0. The Kier molecular flexibility index (Phi) is 9.76. The largest absolute Gasteiger partial charge is 0.379 e. The topological polar surface area (TPSA) is 53.6 Å². The monoisotopic (exact) mass is 327 g/mol. The van der Waals surface area contributed by atoms with E-state index in [-0.39, 0.29) is 36.3 Å². The molecular formula is C13H27Cl2N3O2. The molecule has 20 heavy (non-hydrogen) atoms. The average molecular weight is 328 g/mol. The molecule has 120 valence electrons. The molecule has 2 aliphatic heterocycles. The fourth-order valence-electron chi connectivity index (χ4n) is 2.78.